The van der Waals surface area contributed by atoms with Crippen LogP contribution in [0.15, 0.2) is 36.5 Å². The van der Waals surface area contributed by atoms with Crippen LogP contribution in [0.5, 0.6) is 0 Å². The lowest BCUT2D eigenvalue weighted by Gasteiger charge is -2.55. The smallest absolute Gasteiger partial charge is 0.330 e. The number of carbonyl (C=O) groups excluding carboxylic acids is 3. The van der Waals surface area contributed by atoms with E-state index in [-0.39, 0.29) is 35.9 Å². The number of aliphatic hydroxyl groups is 5. The molecule has 0 aliphatic carbocycles. The Morgan fingerprint density at radius 3 is 2.11 bits per heavy atom. The van der Waals surface area contributed by atoms with E-state index in [9.17, 15) is 39.9 Å². The first-order valence-electron chi connectivity index (χ1n) is 21.2. The summed E-state index contributed by atoms with van der Waals surface area (Å²) in [6, 6.07) is 0. The number of carbonyl (C=O) groups is 3. The Kier molecular flexibility index (Phi) is 17.7. The lowest BCUT2D eigenvalue weighted by Crippen LogP contribution is -2.62. The molecule has 3 heterocycles. The van der Waals surface area contributed by atoms with Crippen LogP contribution in [0.25, 0.3) is 0 Å². The Labute approximate surface area is 336 Å². The maximum absolute atomic E-state index is 13.5. The van der Waals surface area contributed by atoms with Gasteiger partial charge in [0.2, 0.25) is 0 Å². The van der Waals surface area contributed by atoms with Gasteiger partial charge in [-0.1, -0.05) is 92.7 Å². The van der Waals surface area contributed by atoms with E-state index in [1.807, 2.05) is 32.1 Å². The van der Waals surface area contributed by atoms with Crippen molar-refractivity contribution in [3.05, 3.63) is 36.5 Å². The van der Waals surface area contributed by atoms with Crippen LogP contribution in [0.4, 0.5) is 0 Å². The van der Waals surface area contributed by atoms with Gasteiger partial charge in [-0.05, 0) is 70.1 Å². The molecule has 5 unspecified atom stereocenters. The van der Waals surface area contributed by atoms with E-state index < -0.39 is 89.0 Å². The molecule has 1 spiro atoms. The minimum atomic E-state index is -2.18. The summed E-state index contributed by atoms with van der Waals surface area (Å²) >= 11 is 0. The highest BCUT2D eigenvalue weighted by molar-refractivity contribution is 5.91. The summed E-state index contributed by atoms with van der Waals surface area (Å²) in [7, 11) is 0. The fourth-order valence-corrected chi connectivity index (χ4v) is 9.01. The maximum Gasteiger partial charge on any atom is 0.330 e. The van der Waals surface area contributed by atoms with Crippen LogP contribution in [0.2, 0.25) is 0 Å². The molecule has 5 N–H and O–H groups in total. The van der Waals surface area contributed by atoms with E-state index in [2.05, 4.69) is 19.9 Å². The molecule has 2 fully saturated rings. The van der Waals surface area contributed by atoms with E-state index >= 15 is 0 Å². The summed E-state index contributed by atoms with van der Waals surface area (Å²) in [6.45, 7) is 19.1. The largest absolute Gasteiger partial charge is 0.458 e. The van der Waals surface area contributed by atoms with Crippen LogP contribution >= 0.6 is 0 Å². The Morgan fingerprint density at radius 2 is 1.48 bits per heavy atom. The fourth-order valence-electron chi connectivity index (χ4n) is 9.01. The molecule has 2 saturated heterocycles. The minimum absolute atomic E-state index is 0.168. The van der Waals surface area contributed by atoms with Crippen LogP contribution < -0.4 is 0 Å². The fraction of sp³-hybridized carbons (Fsp3) is 0.800. The molecule has 0 radical (unpaired) electrons. The number of ketones is 2. The standard InChI is InChI=1S/C45H74O11/c1-12-34-17-15-13-14-16-27(4)42(51)44(11,53)43(52)32(9)40(50)31(8)39(49)30(7)38(48)26(3)18-21-37(47)54-41-29(6)35(20-19-34)55-45(33(41)10)23-22-25(2)36(56-45)24-28(5)46/h13-15,17-18,21,25-36,38,40-42,46,48,50-51,53H,12,16,19-20,22-24H2,1-11H3/t25-,26-,27+,28+,29+,30-,31+,32+,33-,34?,35?,36?,38+,40-,41?,42-,44+,45?/m1/s1. The summed E-state index contributed by atoms with van der Waals surface area (Å²) in [5.41, 5.74) is -2.18. The average Bonchev–Trinajstić information content (AvgIpc) is 3.16. The van der Waals surface area contributed by atoms with Crippen molar-refractivity contribution in [3.8, 4) is 0 Å². The normalized spacial score (nSPS) is 45.1. The predicted octanol–water partition coefficient (Wildman–Crippen LogP) is 5.88. The molecule has 11 nitrogen and oxygen atoms in total. The van der Waals surface area contributed by atoms with Crippen molar-refractivity contribution in [2.45, 2.75) is 175 Å². The Balaban J connectivity index is 1.99. The van der Waals surface area contributed by atoms with Crippen LogP contribution in [0.1, 0.15) is 121 Å². The molecule has 0 aromatic carbocycles. The minimum Gasteiger partial charge on any atom is -0.458 e. The zero-order chi connectivity index (χ0) is 42.3. The molecule has 3 rings (SSSR count). The quantitative estimate of drug-likeness (QED) is 0.216. The molecule has 56 heavy (non-hydrogen) atoms. The summed E-state index contributed by atoms with van der Waals surface area (Å²) in [6.07, 6.45) is 9.62. The van der Waals surface area contributed by atoms with Crippen molar-refractivity contribution < 1.29 is 54.1 Å². The maximum atomic E-state index is 13.5. The average molecular weight is 791 g/mol. The van der Waals surface area contributed by atoms with Gasteiger partial charge in [0.05, 0.1) is 36.6 Å². The Morgan fingerprint density at radius 1 is 0.839 bits per heavy atom. The van der Waals surface area contributed by atoms with Crippen LogP contribution in [0, 0.1) is 53.3 Å². The van der Waals surface area contributed by atoms with Crippen LogP contribution in [-0.4, -0.2) is 97.2 Å². The van der Waals surface area contributed by atoms with Gasteiger partial charge < -0.3 is 39.7 Å². The highest BCUT2D eigenvalue weighted by atomic mass is 16.7. The van der Waals surface area contributed by atoms with E-state index in [1.54, 1.807) is 20.8 Å². The summed E-state index contributed by atoms with van der Waals surface area (Å²) < 4.78 is 20.0. The highest BCUT2D eigenvalue weighted by Gasteiger charge is 2.56. The highest BCUT2D eigenvalue weighted by Crippen LogP contribution is 2.49. The van der Waals surface area contributed by atoms with E-state index in [0.29, 0.717) is 25.7 Å². The first-order chi connectivity index (χ1) is 26.1. The second kappa shape index (κ2) is 20.6. The molecule has 320 valence electrons. The number of fused-ring (bicyclic) bond motifs is 2. The number of allylic oxidation sites excluding steroid dienone is 4. The number of rotatable bonds is 3. The van der Waals surface area contributed by atoms with Crippen LogP contribution in [-0.2, 0) is 28.6 Å². The second-order valence-corrected chi connectivity index (χ2v) is 18.0. The monoisotopic (exact) mass is 791 g/mol. The Bertz CT molecular complexity index is 1390. The van der Waals surface area contributed by atoms with Gasteiger partial charge >= 0.3 is 5.97 Å². The zero-order valence-corrected chi connectivity index (χ0v) is 35.8. The third kappa shape index (κ3) is 11.5. The van der Waals surface area contributed by atoms with Crippen molar-refractivity contribution in [3.63, 3.8) is 0 Å². The van der Waals surface area contributed by atoms with Crippen molar-refractivity contribution in [2.75, 3.05) is 0 Å². The van der Waals surface area contributed by atoms with Crippen molar-refractivity contribution in [1.82, 2.24) is 0 Å². The molecule has 3 aliphatic rings. The number of esters is 1. The molecular formula is C45H74O11. The van der Waals surface area contributed by atoms with Gasteiger partial charge in [0.1, 0.15) is 17.5 Å². The molecule has 3 aliphatic heterocycles. The van der Waals surface area contributed by atoms with Crippen molar-refractivity contribution in [2.24, 2.45) is 53.3 Å². The lowest BCUT2D eigenvalue weighted by molar-refractivity contribution is -0.371. The molecule has 0 aromatic rings. The molecule has 0 saturated carbocycles. The number of ether oxygens (including phenoxy) is 3. The number of Topliss-reactive ketones (excluding diaryl/α,β-unsaturated/α-hetero) is 2. The third-order valence-corrected chi connectivity index (χ3v) is 13.4. The first-order valence-corrected chi connectivity index (χ1v) is 21.2. The first kappa shape index (κ1) is 48.1. The molecule has 11 heteroatoms. The van der Waals surface area contributed by atoms with E-state index in [1.165, 1.54) is 39.8 Å². The molecule has 0 aromatic heterocycles. The number of aliphatic hydroxyl groups excluding tert-OH is 4. The molecule has 0 amide bonds. The second-order valence-electron chi connectivity index (χ2n) is 18.0. The lowest BCUT2D eigenvalue weighted by atomic mass is 9.74. The number of hydrogen-bond acceptors (Lipinski definition) is 11. The van der Waals surface area contributed by atoms with Gasteiger partial charge in [0.25, 0.3) is 0 Å². The number of hydrogen-bond donors (Lipinski definition) is 5. The third-order valence-electron chi connectivity index (χ3n) is 13.4. The summed E-state index contributed by atoms with van der Waals surface area (Å²) in [4.78, 5) is 40.5. The molecule has 2 bridgehead atoms. The van der Waals surface area contributed by atoms with Gasteiger partial charge in [-0.15, -0.1) is 0 Å². The molecular weight excluding hydrogens is 716 g/mol. The Hall–Kier alpha value is -2.25. The van der Waals surface area contributed by atoms with Crippen molar-refractivity contribution in [1.29, 1.82) is 0 Å². The van der Waals surface area contributed by atoms with Gasteiger partial charge in [-0.3, -0.25) is 9.59 Å². The van der Waals surface area contributed by atoms with Gasteiger partial charge in [0, 0.05) is 48.0 Å². The van der Waals surface area contributed by atoms with Crippen LogP contribution in [0.3, 0.4) is 0 Å². The van der Waals surface area contributed by atoms with Gasteiger partial charge in [-0.25, -0.2) is 4.79 Å². The van der Waals surface area contributed by atoms with Gasteiger partial charge in [0.15, 0.2) is 11.6 Å². The van der Waals surface area contributed by atoms with E-state index in [0.717, 1.165) is 19.3 Å². The van der Waals surface area contributed by atoms with Gasteiger partial charge in [-0.2, -0.15) is 0 Å². The van der Waals surface area contributed by atoms with Crippen molar-refractivity contribution >= 4 is 17.5 Å². The van der Waals surface area contributed by atoms with E-state index in [4.69, 9.17) is 14.2 Å². The SMILES string of the molecule is CCC1C=CC=CC[C@H](C)[C@@H](O)[C@](C)(O)C(=O)[C@@H](C)[C@H](O)[C@@H](C)C(=O)[C@H](C)[C@@H](O)[C@H](C)C=CC(=O)OC2[C@@H](C)C(CC1)OC1(CC[C@@H](C)C(C[C@H](C)O)O1)[C@@H]2C. The topological polar surface area (TPSA) is 180 Å². The molecule has 18 atom stereocenters. The summed E-state index contributed by atoms with van der Waals surface area (Å²) in [5.74, 6) is -7.28. The zero-order valence-electron chi connectivity index (χ0n) is 35.8. The predicted molar refractivity (Wildman–Crippen MR) is 215 cm³/mol. The summed E-state index contributed by atoms with van der Waals surface area (Å²) in [5, 5.41) is 55.0.